The molecule has 2 unspecified atom stereocenters. The summed E-state index contributed by atoms with van der Waals surface area (Å²) in [4.78, 5) is 11.4. The monoisotopic (exact) mass is 182 g/mol. The summed E-state index contributed by atoms with van der Waals surface area (Å²) in [5.41, 5.74) is 0. The molecule has 0 aliphatic carbocycles. The van der Waals surface area contributed by atoms with Crippen LogP contribution >= 0.6 is 0 Å². The van der Waals surface area contributed by atoms with Crippen molar-refractivity contribution in [1.29, 1.82) is 5.26 Å². The molecule has 1 N–H and O–H groups in total. The SMILES string of the molecule is CCCC(C)C(=O)NC(C#N)CC. The first-order valence-electron chi connectivity index (χ1n) is 4.85. The number of carbonyl (C=O) groups excluding carboxylic acids is 1. The van der Waals surface area contributed by atoms with Crippen LogP contribution in [0.4, 0.5) is 0 Å². The van der Waals surface area contributed by atoms with Gasteiger partial charge in [0.15, 0.2) is 0 Å². The normalized spacial score (nSPS) is 14.3. The Balaban J connectivity index is 3.92. The quantitative estimate of drug-likeness (QED) is 0.705. The maximum absolute atomic E-state index is 11.4. The third-order valence-corrected chi connectivity index (χ3v) is 2.05. The van der Waals surface area contributed by atoms with Crippen LogP contribution in [0.15, 0.2) is 0 Å². The molecule has 0 bridgehead atoms. The molecule has 0 aromatic rings. The van der Waals surface area contributed by atoms with Gasteiger partial charge in [0.2, 0.25) is 5.91 Å². The molecule has 13 heavy (non-hydrogen) atoms. The Morgan fingerprint density at radius 1 is 1.54 bits per heavy atom. The van der Waals surface area contributed by atoms with E-state index >= 15 is 0 Å². The van der Waals surface area contributed by atoms with Gasteiger partial charge >= 0.3 is 0 Å². The highest BCUT2D eigenvalue weighted by Crippen LogP contribution is 2.05. The van der Waals surface area contributed by atoms with Crippen molar-refractivity contribution >= 4 is 5.91 Å². The van der Waals surface area contributed by atoms with E-state index in [0.717, 1.165) is 12.8 Å². The Bertz CT molecular complexity index is 196. The molecule has 0 radical (unpaired) electrons. The van der Waals surface area contributed by atoms with E-state index in [0.29, 0.717) is 6.42 Å². The van der Waals surface area contributed by atoms with E-state index in [4.69, 9.17) is 5.26 Å². The van der Waals surface area contributed by atoms with Crippen LogP contribution in [0.1, 0.15) is 40.0 Å². The van der Waals surface area contributed by atoms with Crippen LogP contribution in [-0.2, 0) is 4.79 Å². The molecule has 0 spiro atoms. The number of nitriles is 1. The van der Waals surface area contributed by atoms with Crippen LogP contribution in [0, 0.1) is 17.2 Å². The molecule has 0 heterocycles. The second kappa shape index (κ2) is 6.47. The summed E-state index contributed by atoms with van der Waals surface area (Å²) in [6.07, 6.45) is 2.55. The van der Waals surface area contributed by atoms with Gasteiger partial charge in [-0.05, 0) is 12.8 Å². The van der Waals surface area contributed by atoms with Gasteiger partial charge in [-0.25, -0.2) is 0 Å². The molecular weight excluding hydrogens is 164 g/mol. The zero-order chi connectivity index (χ0) is 10.3. The highest BCUT2D eigenvalue weighted by atomic mass is 16.1. The van der Waals surface area contributed by atoms with E-state index in [9.17, 15) is 4.79 Å². The van der Waals surface area contributed by atoms with E-state index in [1.54, 1.807) is 0 Å². The van der Waals surface area contributed by atoms with Crippen molar-refractivity contribution in [2.75, 3.05) is 0 Å². The van der Waals surface area contributed by atoms with E-state index in [1.165, 1.54) is 0 Å². The lowest BCUT2D eigenvalue weighted by Crippen LogP contribution is -2.36. The fraction of sp³-hybridized carbons (Fsp3) is 0.800. The first-order chi connectivity index (χ1) is 6.15. The van der Waals surface area contributed by atoms with Gasteiger partial charge in [0.05, 0.1) is 6.07 Å². The second-order valence-electron chi connectivity index (χ2n) is 3.29. The summed E-state index contributed by atoms with van der Waals surface area (Å²) >= 11 is 0. The Labute approximate surface area is 80.1 Å². The number of amides is 1. The third-order valence-electron chi connectivity index (χ3n) is 2.05. The lowest BCUT2D eigenvalue weighted by Gasteiger charge is -2.13. The molecule has 0 rings (SSSR count). The average Bonchev–Trinajstić information content (AvgIpc) is 2.14. The molecule has 0 saturated carbocycles. The molecule has 1 amide bonds. The highest BCUT2D eigenvalue weighted by molar-refractivity contribution is 5.78. The molecule has 0 aromatic carbocycles. The van der Waals surface area contributed by atoms with Gasteiger partial charge < -0.3 is 5.32 Å². The van der Waals surface area contributed by atoms with Gasteiger partial charge in [0, 0.05) is 5.92 Å². The number of nitrogens with zero attached hydrogens (tertiary/aromatic N) is 1. The van der Waals surface area contributed by atoms with E-state index < -0.39 is 0 Å². The molecule has 0 aliphatic heterocycles. The minimum Gasteiger partial charge on any atom is -0.340 e. The van der Waals surface area contributed by atoms with Crippen molar-refractivity contribution < 1.29 is 4.79 Å². The maximum atomic E-state index is 11.4. The van der Waals surface area contributed by atoms with Crippen LogP contribution in [0.2, 0.25) is 0 Å². The predicted octanol–water partition coefficient (Wildman–Crippen LogP) is 1.84. The van der Waals surface area contributed by atoms with Gasteiger partial charge in [-0.15, -0.1) is 0 Å². The van der Waals surface area contributed by atoms with Crippen molar-refractivity contribution in [3.8, 4) is 6.07 Å². The predicted molar refractivity (Wildman–Crippen MR) is 51.9 cm³/mol. The van der Waals surface area contributed by atoms with E-state index in [1.807, 2.05) is 26.8 Å². The van der Waals surface area contributed by atoms with Gasteiger partial charge in [-0.2, -0.15) is 5.26 Å². The number of hydrogen-bond acceptors (Lipinski definition) is 2. The van der Waals surface area contributed by atoms with E-state index in [2.05, 4.69) is 5.32 Å². The third kappa shape index (κ3) is 4.51. The van der Waals surface area contributed by atoms with Crippen LogP contribution in [0.3, 0.4) is 0 Å². The standard InChI is InChI=1S/C10H18N2O/c1-4-6-8(3)10(13)12-9(5-2)7-11/h8-9H,4-6H2,1-3H3,(H,12,13). The number of rotatable bonds is 5. The Morgan fingerprint density at radius 3 is 2.54 bits per heavy atom. The maximum Gasteiger partial charge on any atom is 0.223 e. The smallest absolute Gasteiger partial charge is 0.223 e. The lowest BCUT2D eigenvalue weighted by molar-refractivity contribution is -0.125. The number of carbonyl (C=O) groups is 1. The highest BCUT2D eigenvalue weighted by Gasteiger charge is 2.14. The Morgan fingerprint density at radius 2 is 2.15 bits per heavy atom. The summed E-state index contributed by atoms with van der Waals surface area (Å²) in [6.45, 7) is 5.83. The summed E-state index contributed by atoms with van der Waals surface area (Å²) in [6, 6.07) is 1.72. The number of hydrogen-bond donors (Lipinski definition) is 1. The largest absolute Gasteiger partial charge is 0.340 e. The molecule has 0 aromatic heterocycles. The van der Waals surface area contributed by atoms with E-state index in [-0.39, 0.29) is 17.9 Å². The zero-order valence-electron chi connectivity index (χ0n) is 8.63. The van der Waals surface area contributed by atoms with Crippen molar-refractivity contribution in [3.05, 3.63) is 0 Å². The van der Waals surface area contributed by atoms with Gasteiger partial charge in [-0.1, -0.05) is 27.2 Å². The molecule has 3 heteroatoms. The van der Waals surface area contributed by atoms with Crippen LogP contribution in [-0.4, -0.2) is 11.9 Å². The lowest BCUT2D eigenvalue weighted by atomic mass is 10.0. The summed E-state index contributed by atoms with van der Waals surface area (Å²) in [7, 11) is 0. The molecule has 0 fully saturated rings. The average molecular weight is 182 g/mol. The number of nitrogens with one attached hydrogen (secondary N) is 1. The second-order valence-corrected chi connectivity index (χ2v) is 3.29. The van der Waals surface area contributed by atoms with Gasteiger partial charge in [-0.3, -0.25) is 4.79 Å². The first kappa shape index (κ1) is 12.0. The van der Waals surface area contributed by atoms with Crippen molar-refractivity contribution in [2.45, 2.75) is 46.1 Å². The van der Waals surface area contributed by atoms with Crippen molar-refractivity contribution in [2.24, 2.45) is 5.92 Å². The summed E-state index contributed by atoms with van der Waals surface area (Å²) in [5, 5.41) is 11.3. The van der Waals surface area contributed by atoms with Crippen LogP contribution < -0.4 is 5.32 Å². The molecule has 74 valence electrons. The molecule has 3 nitrogen and oxygen atoms in total. The van der Waals surface area contributed by atoms with Crippen molar-refractivity contribution in [1.82, 2.24) is 5.32 Å². The topological polar surface area (TPSA) is 52.9 Å². The Hall–Kier alpha value is -1.04. The fourth-order valence-electron chi connectivity index (χ4n) is 1.10. The minimum absolute atomic E-state index is 0.00440. The molecule has 2 atom stereocenters. The Kier molecular flexibility index (Phi) is 5.96. The van der Waals surface area contributed by atoms with Crippen molar-refractivity contribution in [3.63, 3.8) is 0 Å². The fourth-order valence-corrected chi connectivity index (χ4v) is 1.10. The van der Waals surface area contributed by atoms with Gasteiger partial charge in [0.1, 0.15) is 6.04 Å². The van der Waals surface area contributed by atoms with Crippen LogP contribution in [0.5, 0.6) is 0 Å². The van der Waals surface area contributed by atoms with Gasteiger partial charge in [0.25, 0.3) is 0 Å². The minimum atomic E-state index is -0.327. The summed E-state index contributed by atoms with van der Waals surface area (Å²) in [5.74, 6) is 0.0163. The van der Waals surface area contributed by atoms with Crippen LogP contribution in [0.25, 0.3) is 0 Å². The first-order valence-corrected chi connectivity index (χ1v) is 4.85. The summed E-state index contributed by atoms with van der Waals surface area (Å²) < 4.78 is 0. The molecular formula is C10H18N2O. The molecule has 0 saturated heterocycles. The molecule has 0 aliphatic rings. The zero-order valence-corrected chi connectivity index (χ0v) is 8.63.